The number of carbonyl (C=O) groups excluding carboxylic acids is 2. The third kappa shape index (κ3) is 4.86. The third-order valence-electron chi connectivity index (χ3n) is 5.90. The van der Waals surface area contributed by atoms with Crippen molar-refractivity contribution in [3.63, 3.8) is 0 Å². The van der Waals surface area contributed by atoms with Crippen LogP contribution in [0.4, 0.5) is 0 Å². The fourth-order valence-corrected chi connectivity index (χ4v) is 3.93. The van der Waals surface area contributed by atoms with Crippen molar-refractivity contribution in [3.05, 3.63) is 88.2 Å². The number of aromatic nitrogens is 2. The van der Waals surface area contributed by atoms with Crippen molar-refractivity contribution in [1.82, 2.24) is 20.0 Å². The Morgan fingerprint density at radius 1 is 1.03 bits per heavy atom. The van der Waals surface area contributed by atoms with Crippen LogP contribution in [0, 0.1) is 0 Å². The summed E-state index contributed by atoms with van der Waals surface area (Å²) in [5.41, 5.74) is 3.20. The fourth-order valence-electron chi connectivity index (χ4n) is 3.74. The molecule has 1 N–H and O–H groups in total. The van der Waals surface area contributed by atoms with E-state index in [-0.39, 0.29) is 17.9 Å². The van der Waals surface area contributed by atoms with Crippen LogP contribution in [0.3, 0.4) is 0 Å². The second-order valence-corrected chi connectivity index (χ2v) is 9.03. The molecule has 32 heavy (non-hydrogen) atoms. The Balaban J connectivity index is 1.26. The predicted octanol–water partition coefficient (Wildman–Crippen LogP) is 4.28. The Morgan fingerprint density at radius 3 is 2.47 bits per heavy atom. The van der Waals surface area contributed by atoms with Crippen molar-refractivity contribution < 1.29 is 9.59 Å². The van der Waals surface area contributed by atoms with Gasteiger partial charge in [0.25, 0.3) is 11.8 Å². The van der Waals surface area contributed by atoms with Crippen LogP contribution in [0.1, 0.15) is 57.5 Å². The standard InChI is InChI=1S/C25H25ClN4O2/c26-23-4-2-1-3-19(23)15-29-16-20(13-27-29)25(32)30(22-11-12-22)14-17-5-7-18(8-6-17)24(31)28-21-9-10-21/h1-8,13,16,21-22H,9-12,14-15H2,(H,28,31). The Morgan fingerprint density at radius 2 is 1.78 bits per heavy atom. The van der Waals surface area contributed by atoms with Crippen LogP contribution >= 0.6 is 11.6 Å². The summed E-state index contributed by atoms with van der Waals surface area (Å²) < 4.78 is 1.74. The van der Waals surface area contributed by atoms with Gasteiger partial charge in [0.1, 0.15) is 0 Å². The molecule has 0 aliphatic heterocycles. The average molecular weight is 449 g/mol. The van der Waals surface area contributed by atoms with Gasteiger partial charge in [-0.3, -0.25) is 14.3 Å². The Hall–Kier alpha value is -3.12. The van der Waals surface area contributed by atoms with Crippen molar-refractivity contribution in [3.8, 4) is 0 Å². The number of halogens is 1. The number of amides is 2. The van der Waals surface area contributed by atoms with Gasteiger partial charge >= 0.3 is 0 Å². The van der Waals surface area contributed by atoms with Crippen LogP contribution in [0.25, 0.3) is 0 Å². The SMILES string of the molecule is O=C(NC1CC1)c1ccc(CN(C(=O)c2cnn(Cc3ccccc3Cl)c2)C2CC2)cc1. The zero-order valence-electron chi connectivity index (χ0n) is 17.7. The molecule has 0 radical (unpaired) electrons. The minimum Gasteiger partial charge on any atom is -0.349 e. The molecule has 0 bridgehead atoms. The lowest BCUT2D eigenvalue weighted by Crippen LogP contribution is -2.32. The summed E-state index contributed by atoms with van der Waals surface area (Å²) in [5.74, 6) is -0.0476. The van der Waals surface area contributed by atoms with E-state index in [1.807, 2.05) is 53.4 Å². The smallest absolute Gasteiger partial charge is 0.257 e. The molecule has 2 aromatic carbocycles. The summed E-state index contributed by atoms with van der Waals surface area (Å²) >= 11 is 6.25. The highest BCUT2D eigenvalue weighted by atomic mass is 35.5. The molecular formula is C25H25ClN4O2. The van der Waals surface area contributed by atoms with Crippen molar-refractivity contribution in [2.45, 2.75) is 50.9 Å². The van der Waals surface area contributed by atoms with Gasteiger partial charge in [0.05, 0.1) is 18.3 Å². The van der Waals surface area contributed by atoms with Crippen LogP contribution in [0.5, 0.6) is 0 Å². The van der Waals surface area contributed by atoms with Crippen LogP contribution in [-0.2, 0) is 13.1 Å². The summed E-state index contributed by atoms with van der Waals surface area (Å²) in [5, 5.41) is 8.05. The van der Waals surface area contributed by atoms with Crippen LogP contribution in [0.2, 0.25) is 5.02 Å². The molecule has 7 heteroatoms. The summed E-state index contributed by atoms with van der Waals surface area (Å²) in [6, 6.07) is 15.8. The number of rotatable bonds is 8. The second-order valence-electron chi connectivity index (χ2n) is 8.63. The van der Waals surface area contributed by atoms with Gasteiger partial charge in [-0.2, -0.15) is 5.10 Å². The van der Waals surface area contributed by atoms with E-state index in [0.29, 0.717) is 35.3 Å². The molecule has 0 atom stereocenters. The molecule has 3 aromatic rings. The number of hydrogen-bond acceptors (Lipinski definition) is 3. The van der Waals surface area contributed by atoms with Crippen LogP contribution in [0.15, 0.2) is 60.9 Å². The first-order valence-electron chi connectivity index (χ1n) is 11.0. The van der Waals surface area contributed by atoms with E-state index in [1.165, 1.54) is 0 Å². The van der Waals surface area contributed by atoms with Gasteiger partial charge in [0.2, 0.25) is 0 Å². The molecule has 2 saturated carbocycles. The molecule has 6 nitrogen and oxygen atoms in total. The van der Waals surface area contributed by atoms with Gasteiger partial charge in [0, 0.05) is 35.4 Å². The first-order chi connectivity index (χ1) is 15.6. The minimum atomic E-state index is -0.0277. The van der Waals surface area contributed by atoms with E-state index in [2.05, 4.69) is 10.4 Å². The maximum Gasteiger partial charge on any atom is 0.257 e. The molecule has 0 unspecified atom stereocenters. The predicted molar refractivity (Wildman–Crippen MR) is 123 cm³/mol. The van der Waals surface area contributed by atoms with Gasteiger partial charge in [-0.25, -0.2) is 0 Å². The van der Waals surface area contributed by atoms with E-state index < -0.39 is 0 Å². The molecule has 0 saturated heterocycles. The van der Waals surface area contributed by atoms with E-state index in [4.69, 9.17) is 11.6 Å². The van der Waals surface area contributed by atoms with Gasteiger partial charge < -0.3 is 10.2 Å². The van der Waals surface area contributed by atoms with E-state index >= 15 is 0 Å². The van der Waals surface area contributed by atoms with E-state index in [9.17, 15) is 9.59 Å². The monoisotopic (exact) mass is 448 g/mol. The van der Waals surface area contributed by atoms with Crippen molar-refractivity contribution in [2.24, 2.45) is 0 Å². The Labute approximate surface area is 192 Å². The van der Waals surface area contributed by atoms with Crippen molar-refractivity contribution in [1.29, 1.82) is 0 Å². The maximum absolute atomic E-state index is 13.2. The normalized spacial score (nSPS) is 15.4. The zero-order valence-corrected chi connectivity index (χ0v) is 18.5. The van der Waals surface area contributed by atoms with Crippen LogP contribution in [-0.4, -0.2) is 38.6 Å². The lowest BCUT2D eigenvalue weighted by atomic mass is 10.1. The number of carbonyl (C=O) groups is 2. The molecule has 2 fully saturated rings. The van der Waals surface area contributed by atoms with Gasteiger partial charge in [0.15, 0.2) is 0 Å². The number of hydrogen-bond donors (Lipinski definition) is 1. The van der Waals surface area contributed by atoms with Crippen LogP contribution < -0.4 is 5.32 Å². The molecule has 2 aliphatic carbocycles. The number of nitrogens with one attached hydrogen (secondary N) is 1. The van der Waals surface area contributed by atoms with Crippen molar-refractivity contribution in [2.75, 3.05) is 0 Å². The quantitative estimate of drug-likeness (QED) is 0.559. The maximum atomic E-state index is 13.2. The Kier molecular flexibility index (Phi) is 5.70. The lowest BCUT2D eigenvalue weighted by Gasteiger charge is -2.22. The fraction of sp³-hybridized carbons (Fsp3) is 0.320. The van der Waals surface area contributed by atoms with Gasteiger partial charge in [-0.1, -0.05) is 41.9 Å². The summed E-state index contributed by atoms with van der Waals surface area (Å²) in [7, 11) is 0. The van der Waals surface area contributed by atoms with Gasteiger partial charge in [-0.15, -0.1) is 0 Å². The molecule has 2 amide bonds. The molecule has 1 heterocycles. The number of benzene rings is 2. The topological polar surface area (TPSA) is 67.2 Å². The molecule has 2 aliphatic rings. The van der Waals surface area contributed by atoms with Gasteiger partial charge in [-0.05, 0) is 55.0 Å². The summed E-state index contributed by atoms with van der Waals surface area (Å²) in [6.07, 6.45) is 7.57. The lowest BCUT2D eigenvalue weighted by molar-refractivity contribution is 0.0729. The molecule has 1 aromatic heterocycles. The average Bonchev–Trinajstić information content (AvgIpc) is 3.73. The second kappa shape index (κ2) is 8.79. The van der Waals surface area contributed by atoms with E-state index in [1.54, 1.807) is 17.1 Å². The molecule has 164 valence electrons. The third-order valence-corrected chi connectivity index (χ3v) is 6.27. The highest BCUT2D eigenvalue weighted by Gasteiger charge is 2.33. The van der Waals surface area contributed by atoms with Crippen molar-refractivity contribution >= 4 is 23.4 Å². The minimum absolute atomic E-state index is 0.0199. The molecule has 0 spiro atoms. The molecular weight excluding hydrogens is 424 g/mol. The Bertz CT molecular complexity index is 1130. The number of nitrogens with zero attached hydrogens (tertiary/aromatic N) is 3. The zero-order chi connectivity index (χ0) is 22.1. The highest BCUT2D eigenvalue weighted by molar-refractivity contribution is 6.31. The molecule has 5 rings (SSSR count). The largest absolute Gasteiger partial charge is 0.349 e. The summed E-state index contributed by atoms with van der Waals surface area (Å²) in [6.45, 7) is 1.03. The first-order valence-corrected chi connectivity index (χ1v) is 11.4. The highest BCUT2D eigenvalue weighted by Crippen LogP contribution is 2.30. The summed E-state index contributed by atoms with van der Waals surface area (Å²) in [4.78, 5) is 27.4. The first kappa shape index (κ1) is 20.8. The van der Waals surface area contributed by atoms with E-state index in [0.717, 1.165) is 36.8 Å².